The summed E-state index contributed by atoms with van der Waals surface area (Å²) in [6.45, 7) is 2.95. The Labute approximate surface area is 62.6 Å². The molecule has 10 heavy (non-hydrogen) atoms. The van der Waals surface area contributed by atoms with Gasteiger partial charge in [-0.05, 0) is 18.8 Å². The van der Waals surface area contributed by atoms with Gasteiger partial charge in [0.1, 0.15) is 6.29 Å². The molecule has 0 rings (SSSR count). The van der Waals surface area contributed by atoms with Crippen LogP contribution in [0.5, 0.6) is 0 Å². The van der Waals surface area contributed by atoms with Crippen LogP contribution in [0.2, 0.25) is 0 Å². The van der Waals surface area contributed by atoms with Gasteiger partial charge in [0.05, 0.1) is 0 Å². The van der Waals surface area contributed by atoms with Crippen LogP contribution in [-0.4, -0.2) is 20.0 Å². The Morgan fingerprint density at radius 2 is 2.20 bits per heavy atom. The lowest BCUT2D eigenvalue weighted by Crippen LogP contribution is -1.99. The molecular formula is C8H16O2. The zero-order chi connectivity index (χ0) is 7.82. The van der Waals surface area contributed by atoms with Crippen molar-refractivity contribution in [1.29, 1.82) is 0 Å². The zero-order valence-electron chi connectivity index (χ0n) is 6.80. The van der Waals surface area contributed by atoms with Crippen LogP contribution >= 0.6 is 0 Å². The first kappa shape index (κ1) is 9.63. The fraction of sp³-hybridized carbons (Fsp3) is 0.875. The van der Waals surface area contributed by atoms with E-state index in [4.69, 9.17) is 4.74 Å². The monoisotopic (exact) mass is 144 g/mol. The summed E-state index contributed by atoms with van der Waals surface area (Å²) in [5.74, 6) is 0.616. The van der Waals surface area contributed by atoms with Crippen molar-refractivity contribution in [3.63, 3.8) is 0 Å². The summed E-state index contributed by atoms with van der Waals surface area (Å²) in [5, 5.41) is 0. The van der Waals surface area contributed by atoms with Gasteiger partial charge >= 0.3 is 0 Å². The van der Waals surface area contributed by atoms with Crippen molar-refractivity contribution in [2.45, 2.75) is 26.2 Å². The number of carbonyl (C=O) groups excluding carboxylic acids is 1. The zero-order valence-corrected chi connectivity index (χ0v) is 6.80. The first-order chi connectivity index (χ1) is 4.81. The molecule has 1 atom stereocenters. The third kappa shape index (κ3) is 5.76. The van der Waals surface area contributed by atoms with Gasteiger partial charge in [0.15, 0.2) is 0 Å². The maximum atomic E-state index is 9.95. The minimum absolute atomic E-state index is 0.616. The number of hydrogen-bond donors (Lipinski definition) is 0. The minimum Gasteiger partial charge on any atom is -0.385 e. The molecule has 0 saturated heterocycles. The van der Waals surface area contributed by atoms with E-state index in [9.17, 15) is 4.79 Å². The topological polar surface area (TPSA) is 26.3 Å². The van der Waals surface area contributed by atoms with Crippen molar-refractivity contribution < 1.29 is 9.53 Å². The standard InChI is InChI=1S/C8H16O2/c1-8(4-3-6-9)5-7-10-2/h6,8H,3-5,7H2,1-2H3. The second-order valence-corrected chi connectivity index (χ2v) is 2.63. The first-order valence-corrected chi connectivity index (χ1v) is 3.73. The van der Waals surface area contributed by atoms with E-state index in [2.05, 4.69) is 6.92 Å². The Morgan fingerprint density at radius 3 is 2.70 bits per heavy atom. The minimum atomic E-state index is 0.616. The molecule has 1 unspecified atom stereocenters. The van der Waals surface area contributed by atoms with Gasteiger partial charge in [-0.3, -0.25) is 0 Å². The fourth-order valence-electron chi connectivity index (χ4n) is 0.816. The average Bonchev–Trinajstić information content (AvgIpc) is 1.97. The average molecular weight is 144 g/mol. The third-order valence-corrected chi connectivity index (χ3v) is 1.59. The van der Waals surface area contributed by atoms with Gasteiger partial charge < -0.3 is 9.53 Å². The molecule has 0 aromatic rings. The van der Waals surface area contributed by atoms with Gasteiger partial charge in [-0.25, -0.2) is 0 Å². The molecule has 0 spiro atoms. The summed E-state index contributed by atoms with van der Waals surface area (Å²) >= 11 is 0. The Balaban J connectivity index is 3.07. The smallest absolute Gasteiger partial charge is 0.120 e. The van der Waals surface area contributed by atoms with Crippen LogP contribution in [0, 0.1) is 5.92 Å². The molecule has 2 nitrogen and oxygen atoms in total. The lowest BCUT2D eigenvalue weighted by atomic mass is 10.0. The SMILES string of the molecule is COCCC(C)CCC=O. The Kier molecular flexibility index (Phi) is 6.50. The molecule has 2 heteroatoms. The van der Waals surface area contributed by atoms with E-state index in [-0.39, 0.29) is 0 Å². The second kappa shape index (κ2) is 6.75. The number of ether oxygens (including phenoxy) is 1. The van der Waals surface area contributed by atoms with Gasteiger partial charge in [0, 0.05) is 20.1 Å². The molecule has 0 radical (unpaired) electrons. The van der Waals surface area contributed by atoms with E-state index >= 15 is 0 Å². The molecule has 60 valence electrons. The number of carbonyl (C=O) groups is 1. The summed E-state index contributed by atoms with van der Waals surface area (Å²) in [7, 11) is 1.70. The van der Waals surface area contributed by atoms with Crippen LogP contribution in [0.15, 0.2) is 0 Å². The predicted octanol–water partition coefficient (Wildman–Crippen LogP) is 1.64. The van der Waals surface area contributed by atoms with E-state index in [1.807, 2.05) is 0 Å². The quantitative estimate of drug-likeness (QED) is 0.530. The van der Waals surface area contributed by atoms with Crippen LogP contribution in [0.25, 0.3) is 0 Å². The molecule has 0 aromatic carbocycles. The number of hydrogen-bond acceptors (Lipinski definition) is 2. The van der Waals surface area contributed by atoms with Crippen LogP contribution in [0.4, 0.5) is 0 Å². The highest BCUT2D eigenvalue weighted by atomic mass is 16.5. The van der Waals surface area contributed by atoms with Crippen molar-refractivity contribution >= 4 is 6.29 Å². The normalized spacial score (nSPS) is 13.0. The lowest BCUT2D eigenvalue weighted by Gasteiger charge is -2.06. The highest BCUT2D eigenvalue weighted by Crippen LogP contribution is 2.08. The molecule has 0 aliphatic rings. The predicted molar refractivity (Wildman–Crippen MR) is 41.0 cm³/mol. The summed E-state index contributed by atoms with van der Waals surface area (Å²) in [4.78, 5) is 9.95. The molecule has 0 aromatic heterocycles. The summed E-state index contributed by atoms with van der Waals surface area (Å²) < 4.78 is 4.90. The van der Waals surface area contributed by atoms with Crippen LogP contribution in [0.3, 0.4) is 0 Å². The fourth-order valence-corrected chi connectivity index (χ4v) is 0.816. The summed E-state index contributed by atoms with van der Waals surface area (Å²) in [5.41, 5.74) is 0. The Morgan fingerprint density at radius 1 is 1.50 bits per heavy atom. The van der Waals surface area contributed by atoms with Crippen LogP contribution < -0.4 is 0 Å². The van der Waals surface area contributed by atoms with Crippen molar-refractivity contribution in [1.82, 2.24) is 0 Å². The van der Waals surface area contributed by atoms with E-state index < -0.39 is 0 Å². The molecule has 0 N–H and O–H groups in total. The van der Waals surface area contributed by atoms with E-state index in [0.717, 1.165) is 25.7 Å². The largest absolute Gasteiger partial charge is 0.385 e. The molecule has 0 bridgehead atoms. The molecule has 0 amide bonds. The van der Waals surface area contributed by atoms with Crippen molar-refractivity contribution in [3.8, 4) is 0 Å². The number of methoxy groups -OCH3 is 1. The summed E-state index contributed by atoms with van der Waals surface area (Å²) in [6, 6.07) is 0. The molecule has 0 fully saturated rings. The van der Waals surface area contributed by atoms with Gasteiger partial charge in [0.25, 0.3) is 0 Å². The third-order valence-electron chi connectivity index (χ3n) is 1.59. The van der Waals surface area contributed by atoms with Gasteiger partial charge in [0.2, 0.25) is 0 Å². The van der Waals surface area contributed by atoms with Crippen molar-refractivity contribution in [2.24, 2.45) is 5.92 Å². The number of rotatable bonds is 6. The van der Waals surface area contributed by atoms with E-state index in [0.29, 0.717) is 12.3 Å². The molecule has 0 aliphatic carbocycles. The van der Waals surface area contributed by atoms with E-state index in [1.54, 1.807) is 7.11 Å². The Bertz CT molecular complexity index is 81.3. The molecule has 0 aliphatic heterocycles. The molecular weight excluding hydrogens is 128 g/mol. The second-order valence-electron chi connectivity index (χ2n) is 2.63. The van der Waals surface area contributed by atoms with Crippen LogP contribution in [0.1, 0.15) is 26.2 Å². The van der Waals surface area contributed by atoms with E-state index in [1.165, 1.54) is 0 Å². The first-order valence-electron chi connectivity index (χ1n) is 3.73. The number of aldehydes is 1. The van der Waals surface area contributed by atoms with Crippen molar-refractivity contribution in [2.75, 3.05) is 13.7 Å². The van der Waals surface area contributed by atoms with Crippen LogP contribution in [-0.2, 0) is 9.53 Å². The molecule has 0 heterocycles. The Hall–Kier alpha value is -0.370. The van der Waals surface area contributed by atoms with Gasteiger partial charge in [-0.15, -0.1) is 0 Å². The highest BCUT2D eigenvalue weighted by molar-refractivity contribution is 5.49. The van der Waals surface area contributed by atoms with Crippen molar-refractivity contribution in [3.05, 3.63) is 0 Å². The lowest BCUT2D eigenvalue weighted by molar-refractivity contribution is -0.108. The highest BCUT2D eigenvalue weighted by Gasteiger charge is 1.99. The summed E-state index contributed by atoms with van der Waals surface area (Å²) in [6.07, 6.45) is 3.71. The van der Waals surface area contributed by atoms with Gasteiger partial charge in [-0.2, -0.15) is 0 Å². The maximum Gasteiger partial charge on any atom is 0.120 e. The maximum absolute atomic E-state index is 9.95. The molecule has 0 saturated carbocycles. The van der Waals surface area contributed by atoms with Gasteiger partial charge in [-0.1, -0.05) is 6.92 Å².